The van der Waals surface area contributed by atoms with Gasteiger partial charge in [-0.3, -0.25) is 14.4 Å². The van der Waals surface area contributed by atoms with E-state index in [-0.39, 0.29) is 65.7 Å². The number of nitrogens with zero attached hydrogens (tertiary/aromatic N) is 4. The Hall–Kier alpha value is -3.93. The van der Waals surface area contributed by atoms with Gasteiger partial charge in [0.15, 0.2) is 0 Å². The third-order valence-electron chi connectivity index (χ3n) is 14.0. The molecule has 10 nitrogen and oxygen atoms in total. The van der Waals surface area contributed by atoms with E-state index in [9.17, 15) is 40.7 Å². The number of morpholine rings is 1. The van der Waals surface area contributed by atoms with E-state index in [1.54, 1.807) is 42.1 Å². The van der Waals surface area contributed by atoms with E-state index >= 15 is 0 Å². The van der Waals surface area contributed by atoms with Gasteiger partial charge in [-0.05, 0) is 111 Å². The van der Waals surface area contributed by atoms with Crippen molar-refractivity contribution >= 4 is 40.9 Å². The number of amides is 3. The number of rotatable bonds is 14. The molecule has 1 spiro atoms. The highest BCUT2D eigenvalue weighted by Gasteiger charge is 2.50. The minimum Gasteiger partial charge on any atom is -0.381 e. The Balaban J connectivity index is 0.996. The van der Waals surface area contributed by atoms with E-state index in [2.05, 4.69) is 17.0 Å². The van der Waals surface area contributed by atoms with Crippen LogP contribution in [0, 0.1) is 5.92 Å². The maximum Gasteiger partial charge on any atom is 0.416 e. The van der Waals surface area contributed by atoms with Gasteiger partial charge in [-0.25, -0.2) is 0 Å². The van der Waals surface area contributed by atoms with Gasteiger partial charge in [0.1, 0.15) is 12.2 Å². The number of fused-ring (bicyclic) bond motifs is 2. The third kappa shape index (κ3) is 11.5. The molecule has 3 aromatic carbocycles. The summed E-state index contributed by atoms with van der Waals surface area (Å²) >= 11 is 12.8. The zero-order chi connectivity index (χ0) is 47.4. The first kappa shape index (κ1) is 50.0. The van der Waals surface area contributed by atoms with Crippen LogP contribution in [0.5, 0.6) is 0 Å². The van der Waals surface area contributed by atoms with E-state index < -0.39 is 40.6 Å². The molecule has 3 aliphatic heterocycles. The Kier molecular flexibility index (Phi) is 15.7. The van der Waals surface area contributed by atoms with Gasteiger partial charge in [0.25, 0.3) is 5.91 Å². The van der Waals surface area contributed by atoms with Crippen molar-refractivity contribution in [1.82, 2.24) is 19.6 Å². The molecule has 0 radical (unpaired) electrons. The van der Waals surface area contributed by atoms with Gasteiger partial charge in [0.2, 0.25) is 11.8 Å². The number of likely N-dealkylation sites (tertiary alicyclic amines) is 1. The molecule has 0 bridgehead atoms. The van der Waals surface area contributed by atoms with Crippen LogP contribution in [0.4, 0.5) is 26.3 Å². The monoisotopic (exact) mass is 968 g/mol. The second kappa shape index (κ2) is 20.7. The molecule has 3 heterocycles. The number of likely N-dealkylation sites (N-methyl/N-ethyl adjacent to an activating group) is 1. The van der Waals surface area contributed by atoms with Crippen LogP contribution in [0.2, 0.25) is 10.0 Å². The Morgan fingerprint density at radius 2 is 1.47 bits per heavy atom. The van der Waals surface area contributed by atoms with Crippen molar-refractivity contribution in [2.24, 2.45) is 5.92 Å². The first-order chi connectivity index (χ1) is 31.3. The maximum absolute atomic E-state index is 13.9. The zero-order valence-corrected chi connectivity index (χ0v) is 38.6. The first-order valence-corrected chi connectivity index (χ1v) is 23.2. The molecular formula is C48H56Cl2F6N4O6. The average Bonchev–Trinajstić information content (AvgIpc) is 3.59. The minimum absolute atomic E-state index is 0.000680. The van der Waals surface area contributed by atoms with Crippen LogP contribution in [0.1, 0.15) is 83.1 Å². The molecule has 1 aliphatic carbocycles. The van der Waals surface area contributed by atoms with Crippen molar-refractivity contribution in [3.05, 3.63) is 104 Å². The van der Waals surface area contributed by atoms with Gasteiger partial charge < -0.3 is 33.8 Å². The fourth-order valence-corrected chi connectivity index (χ4v) is 10.3. The normalized spacial score (nSPS) is 21.5. The Bertz CT molecular complexity index is 2180. The number of benzene rings is 3. The number of piperidine rings is 1. The van der Waals surface area contributed by atoms with Gasteiger partial charge in [0, 0.05) is 70.9 Å². The molecule has 7 rings (SSSR count). The summed E-state index contributed by atoms with van der Waals surface area (Å²) in [5.74, 6) is -0.682. The Labute approximate surface area is 391 Å². The lowest BCUT2D eigenvalue weighted by atomic mass is 9.72. The molecule has 0 aromatic heterocycles. The minimum atomic E-state index is -5.12. The van der Waals surface area contributed by atoms with E-state index in [0.29, 0.717) is 95.2 Å². The fraction of sp³-hybridized carbons (Fsp3) is 0.562. The van der Waals surface area contributed by atoms with Crippen LogP contribution in [-0.4, -0.2) is 130 Å². The summed E-state index contributed by atoms with van der Waals surface area (Å²) in [6.07, 6.45) is -5.16. The number of carbonyl (C=O) groups excluding carboxylic acids is 3. The summed E-state index contributed by atoms with van der Waals surface area (Å²) in [6, 6.07) is 14.0. The Morgan fingerprint density at radius 3 is 2.12 bits per heavy atom. The molecule has 4 aliphatic rings. The molecular weight excluding hydrogens is 913 g/mol. The highest BCUT2D eigenvalue weighted by molar-refractivity contribution is 6.42. The summed E-state index contributed by atoms with van der Waals surface area (Å²) in [5.41, 5.74) is -2.55. The second-order valence-electron chi connectivity index (χ2n) is 18.1. The van der Waals surface area contributed by atoms with Gasteiger partial charge in [-0.2, -0.15) is 26.3 Å². The molecule has 360 valence electrons. The lowest BCUT2D eigenvalue weighted by molar-refractivity contribution is -0.143. The highest BCUT2D eigenvalue weighted by Crippen LogP contribution is 2.48. The quantitative estimate of drug-likeness (QED) is 0.149. The standard InChI is InChI=1S/C48H56Cl2F6N4O6/c1-57(42(61)24-32-10-21-64-22-11-32)15-5-16-58(2)43(62)30-65-41-27-33-6-3-4-7-38(33)45(41)12-17-59(18-13-45)19-14-46(35-8-9-39(49)40(50)29-35)31-60(20-23-66-46)44(63)34-25-36(47(51,52)53)28-37(26-34)48(54,55)56/h3-4,6-9,25-26,28-29,32,41H,5,10-24,27,30-31H2,1-2H3/t41-,46-/m0/s1. The number of halogens is 8. The largest absolute Gasteiger partial charge is 0.416 e. The van der Waals surface area contributed by atoms with Crippen LogP contribution in [0.25, 0.3) is 0 Å². The van der Waals surface area contributed by atoms with Crippen LogP contribution in [0.15, 0.2) is 60.7 Å². The summed E-state index contributed by atoms with van der Waals surface area (Å²) in [6.45, 7) is 3.79. The highest BCUT2D eigenvalue weighted by atomic mass is 35.5. The summed E-state index contributed by atoms with van der Waals surface area (Å²) < 4.78 is 101. The molecule has 2 atom stereocenters. The van der Waals surface area contributed by atoms with Gasteiger partial charge >= 0.3 is 12.4 Å². The topological polar surface area (TPSA) is 91.9 Å². The third-order valence-corrected chi connectivity index (χ3v) is 14.7. The van der Waals surface area contributed by atoms with Crippen LogP contribution in [-0.2, 0) is 53.6 Å². The molecule has 3 aromatic rings. The second-order valence-corrected chi connectivity index (χ2v) is 19.0. The van der Waals surface area contributed by atoms with Gasteiger partial charge in [-0.15, -0.1) is 0 Å². The van der Waals surface area contributed by atoms with E-state index in [4.69, 9.17) is 37.4 Å². The van der Waals surface area contributed by atoms with Crippen molar-refractivity contribution < 1.29 is 54.9 Å². The number of alkyl halides is 6. The zero-order valence-electron chi connectivity index (χ0n) is 37.1. The molecule has 66 heavy (non-hydrogen) atoms. The lowest BCUT2D eigenvalue weighted by Gasteiger charge is -2.46. The van der Waals surface area contributed by atoms with E-state index in [1.165, 1.54) is 16.0 Å². The maximum atomic E-state index is 13.9. The van der Waals surface area contributed by atoms with Crippen LogP contribution in [0.3, 0.4) is 0 Å². The van der Waals surface area contributed by atoms with Gasteiger partial charge in [-0.1, -0.05) is 53.5 Å². The molecule has 3 amide bonds. The Morgan fingerprint density at radius 1 is 0.818 bits per heavy atom. The van der Waals surface area contributed by atoms with Crippen LogP contribution < -0.4 is 0 Å². The smallest absolute Gasteiger partial charge is 0.381 e. The summed E-state index contributed by atoms with van der Waals surface area (Å²) in [5, 5.41) is 0.480. The number of hydrogen-bond acceptors (Lipinski definition) is 7. The first-order valence-electron chi connectivity index (χ1n) is 22.4. The van der Waals surface area contributed by atoms with Gasteiger partial charge in [0.05, 0.1) is 40.4 Å². The van der Waals surface area contributed by atoms with Crippen molar-refractivity contribution in [3.63, 3.8) is 0 Å². The van der Waals surface area contributed by atoms with E-state index in [0.717, 1.165) is 25.7 Å². The molecule has 3 fully saturated rings. The van der Waals surface area contributed by atoms with Crippen molar-refractivity contribution in [2.75, 3.05) is 86.3 Å². The number of ether oxygens (including phenoxy) is 3. The van der Waals surface area contributed by atoms with Crippen molar-refractivity contribution in [3.8, 4) is 0 Å². The lowest BCUT2D eigenvalue weighted by Crippen LogP contribution is -2.54. The number of carbonyl (C=O) groups is 3. The summed E-state index contributed by atoms with van der Waals surface area (Å²) in [4.78, 5) is 47.0. The average molecular weight is 970 g/mol. The molecule has 0 N–H and O–H groups in total. The predicted molar refractivity (Wildman–Crippen MR) is 236 cm³/mol. The van der Waals surface area contributed by atoms with Crippen LogP contribution >= 0.6 is 23.2 Å². The molecule has 3 saturated heterocycles. The van der Waals surface area contributed by atoms with E-state index in [1.807, 2.05) is 12.1 Å². The molecule has 0 saturated carbocycles. The molecule has 18 heteroatoms. The predicted octanol–water partition coefficient (Wildman–Crippen LogP) is 8.89. The fourth-order valence-electron chi connectivity index (χ4n) is 9.97. The molecule has 0 unspecified atom stereocenters. The number of hydrogen-bond donors (Lipinski definition) is 0. The SMILES string of the molecule is CN(CCCN(C)C(=O)CC1CCOCC1)C(=O)CO[C@H]1Cc2ccccc2C12CCN(CC[C@@]1(c3ccc(Cl)c(Cl)c3)CN(C(=O)c3cc(C(F)(F)F)cc(C(F)(F)F)c3)CCO1)CC2. The van der Waals surface area contributed by atoms with Crippen molar-refractivity contribution in [1.29, 1.82) is 0 Å². The summed E-state index contributed by atoms with van der Waals surface area (Å²) in [7, 11) is 3.55. The van der Waals surface area contributed by atoms with Crippen molar-refractivity contribution in [2.45, 2.75) is 80.8 Å².